The number of carbonyl (C=O) groups excluding carboxylic acids is 1. The molecule has 0 aromatic heterocycles. The lowest BCUT2D eigenvalue weighted by Gasteiger charge is -2.73. The average Bonchev–Trinajstić information content (AvgIpc) is 3.44. The molecular formula is C45H70O15. The largest absolute Gasteiger partial charge is 0.481 e. The van der Waals surface area contributed by atoms with Gasteiger partial charge in [0.2, 0.25) is 0 Å². The normalized spacial score (nSPS) is 53.9. The third kappa shape index (κ3) is 6.44. The van der Waals surface area contributed by atoms with Gasteiger partial charge in [0.05, 0.1) is 30.5 Å². The summed E-state index contributed by atoms with van der Waals surface area (Å²) >= 11 is 0. The van der Waals surface area contributed by atoms with E-state index in [9.17, 15) is 40.2 Å². The van der Waals surface area contributed by atoms with Gasteiger partial charge in [0.15, 0.2) is 12.6 Å². The van der Waals surface area contributed by atoms with Gasteiger partial charge in [-0.25, -0.2) is 0 Å². The van der Waals surface area contributed by atoms with E-state index >= 15 is 0 Å². The number of fused-ring (bicyclic) bond motifs is 4. The number of allylic oxidation sites excluding steroid dienone is 1. The zero-order valence-corrected chi connectivity index (χ0v) is 36.5. The number of ether oxygens (including phenoxy) is 6. The van der Waals surface area contributed by atoms with Crippen molar-refractivity contribution >= 4 is 11.9 Å². The highest BCUT2D eigenvalue weighted by Gasteiger charge is 2.79. The van der Waals surface area contributed by atoms with Crippen molar-refractivity contribution in [2.45, 2.75) is 192 Å². The standard InChI is InChI=1S/C45H70O15/c1-22-31(50)36(60-37-34(53)33(52)32(51)23(58-37)20-55-30(49)17-29(47)48)35(54)38(57-22)59-28-11-12-41(6)24(40(28,4)5)9-13-42(7)25(41)10-14-45-26-18-39(2,3)15-16-44(26,21-56-45)27(46)19-43(42,45)8/h10,14,22-28,31-38,46,50-54H,9,11-13,15-21H2,1-8H3,(H,47,48)/t22-,23-,24+,25-,26-,27+,28+,31+,32-,33+,34-,35-,36+,37+,38+,41+,42-,43+,44?,45?/m1/s1. The van der Waals surface area contributed by atoms with Gasteiger partial charge in [-0.1, -0.05) is 60.6 Å². The number of esters is 1. The first kappa shape index (κ1) is 44.8. The maximum atomic E-state index is 12.2. The molecule has 0 radical (unpaired) electrons. The summed E-state index contributed by atoms with van der Waals surface area (Å²) < 4.78 is 36.5. The van der Waals surface area contributed by atoms with Gasteiger partial charge in [0.1, 0.15) is 55.8 Å². The molecule has 3 heterocycles. The first-order valence-corrected chi connectivity index (χ1v) is 22.3. The molecule has 0 amide bonds. The molecule has 4 saturated carbocycles. The van der Waals surface area contributed by atoms with E-state index in [0.717, 1.165) is 44.9 Å². The number of aliphatic hydroxyl groups is 6. The van der Waals surface area contributed by atoms with Crippen molar-refractivity contribution in [1.29, 1.82) is 0 Å². The van der Waals surface area contributed by atoms with Crippen molar-refractivity contribution in [3.05, 3.63) is 12.2 Å². The summed E-state index contributed by atoms with van der Waals surface area (Å²) in [6.45, 7) is 18.1. The highest BCUT2D eigenvalue weighted by molar-refractivity contribution is 5.90. The lowest BCUT2D eigenvalue weighted by Crippen LogP contribution is -2.72. The van der Waals surface area contributed by atoms with Crippen molar-refractivity contribution in [1.82, 2.24) is 0 Å². The Morgan fingerprint density at radius 3 is 2.17 bits per heavy atom. The highest BCUT2D eigenvalue weighted by Crippen LogP contribution is 2.79. The van der Waals surface area contributed by atoms with Crippen molar-refractivity contribution in [3.8, 4) is 0 Å². The fourth-order valence-corrected chi connectivity index (χ4v) is 14.6. The Bertz CT molecular complexity index is 1700. The van der Waals surface area contributed by atoms with Crippen LogP contribution in [0, 0.1) is 50.2 Å². The van der Waals surface area contributed by atoms with Gasteiger partial charge in [-0.15, -0.1) is 0 Å². The van der Waals surface area contributed by atoms with Gasteiger partial charge in [-0.05, 0) is 91.8 Å². The molecule has 0 aromatic carbocycles. The van der Waals surface area contributed by atoms with Crippen LogP contribution in [0.3, 0.4) is 0 Å². The lowest BCUT2D eigenvalue weighted by atomic mass is 9.32. The molecule has 8 rings (SSSR count). The van der Waals surface area contributed by atoms with Crippen LogP contribution in [0.4, 0.5) is 0 Å². The Balaban J connectivity index is 0.991. The highest BCUT2D eigenvalue weighted by atomic mass is 16.7. The minimum atomic E-state index is -1.82. The predicted octanol–water partition coefficient (Wildman–Crippen LogP) is 2.83. The smallest absolute Gasteiger partial charge is 0.317 e. The van der Waals surface area contributed by atoms with Gasteiger partial charge in [0, 0.05) is 16.7 Å². The van der Waals surface area contributed by atoms with Crippen LogP contribution in [0.5, 0.6) is 0 Å². The molecule has 3 saturated heterocycles. The number of carboxylic acids is 1. The van der Waals surface area contributed by atoms with Crippen LogP contribution in [-0.2, 0) is 38.0 Å². The summed E-state index contributed by atoms with van der Waals surface area (Å²) in [5, 5.41) is 75.9. The summed E-state index contributed by atoms with van der Waals surface area (Å²) in [6.07, 6.45) is -4.49. The fourth-order valence-electron chi connectivity index (χ4n) is 14.6. The van der Waals surface area contributed by atoms with Crippen LogP contribution < -0.4 is 0 Å². The van der Waals surface area contributed by atoms with Crippen LogP contribution in [0.1, 0.15) is 113 Å². The monoisotopic (exact) mass is 850 g/mol. The molecule has 7 N–H and O–H groups in total. The van der Waals surface area contributed by atoms with Crippen LogP contribution in [-0.4, -0.2) is 140 Å². The molecule has 0 aromatic rings. The Morgan fingerprint density at radius 1 is 0.767 bits per heavy atom. The molecule has 2 bridgehead atoms. The minimum absolute atomic E-state index is 0.110. The van der Waals surface area contributed by atoms with Gasteiger partial charge in [-0.2, -0.15) is 0 Å². The zero-order valence-electron chi connectivity index (χ0n) is 36.5. The number of aliphatic carboxylic acids is 1. The van der Waals surface area contributed by atoms with Crippen LogP contribution in [0.25, 0.3) is 0 Å². The fraction of sp³-hybridized carbons (Fsp3) is 0.911. The Kier molecular flexibility index (Phi) is 11.1. The number of hydrogen-bond acceptors (Lipinski definition) is 14. The molecule has 2 unspecified atom stereocenters. The molecule has 5 aliphatic carbocycles. The van der Waals surface area contributed by atoms with Gasteiger partial charge < -0.3 is 64.2 Å². The third-order valence-electron chi connectivity index (χ3n) is 18.3. The second kappa shape index (κ2) is 14.9. The quantitative estimate of drug-likeness (QED) is 0.0806. The second-order valence-corrected chi connectivity index (χ2v) is 22.2. The van der Waals surface area contributed by atoms with Crippen molar-refractivity contribution in [3.63, 3.8) is 0 Å². The maximum absolute atomic E-state index is 12.2. The molecule has 8 aliphatic rings. The number of carbonyl (C=O) groups is 2. The molecule has 1 spiro atoms. The van der Waals surface area contributed by atoms with E-state index in [1.165, 1.54) is 0 Å². The van der Waals surface area contributed by atoms with E-state index in [1.807, 2.05) is 0 Å². The van der Waals surface area contributed by atoms with Gasteiger partial charge in [-0.3, -0.25) is 9.59 Å². The second-order valence-electron chi connectivity index (χ2n) is 22.2. The van der Waals surface area contributed by atoms with Crippen LogP contribution in [0.15, 0.2) is 12.2 Å². The van der Waals surface area contributed by atoms with E-state index < -0.39 is 98.1 Å². The van der Waals surface area contributed by atoms with Gasteiger partial charge >= 0.3 is 11.9 Å². The molecule has 3 aliphatic heterocycles. The third-order valence-corrected chi connectivity index (χ3v) is 18.3. The van der Waals surface area contributed by atoms with Crippen molar-refractivity contribution in [2.24, 2.45) is 50.2 Å². The van der Waals surface area contributed by atoms with E-state index in [2.05, 4.69) is 60.6 Å². The Morgan fingerprint density at radius 2 is 1.47 bits per heavy atom. The maximum Gasteiger partial charge on any atom is 0.317 e. The molecule has 20 atom stereocenters. The summed E-state index contributed by atoms with van der Waals surface area (Å²) in [6, 6.07) is 0. The molecule has 7 fully saturated rings. The molecule has 15 heteroatoms. The minimum Gasteiger partial charge on any atom is -0.481 e. The van der Waals surface area contributed by atoms with Crippen LogP contribution >= 0.6 is 0 Å². The first-order valence-electron chi connectivity index (χ1n) is 22.3. The molecule has 15 nitrogen and oxygen atoms in total. The Labute approximate surface area is 353 Å². The van der Waals surface area contributed by atoms with E-state index in [-0.39, 0.29) is 56.3 Å². The lowest BCUT2D eigenvalue weighted by molar-refractivity contribution is -0.366. The van der Waals surface area contributed by atoms with Gasteiger partial charge in [0.25, 0.3) is 0 Å². The van der Waals surface area contributed by atoms with E-state index in [4.69, 9.17) is 33.5 Å². The number of rotatable bonds is 8. The Hall–Kier alpha value is -1.76. The summed E-state index contributed by atoms with van der Waals surface area (Å²) in [5.74, 6) is -1.80. The summed E-state index contributed by atoms with van der Waals surface area (Å²) in [4.78, 5) is 22.7. The van der Waals surface area contributed by atoms with Crippen molar-refractivity contribution in [2.75, 3.05) is 13.2 Å². The number of aliphatic hydroxyl groups excluding tert-OH is 6. The molecular weight excluding hydrogens is 780 g/mol. The van der Waals surface area contributed by atoms with Crippen LogP contribution in [0.2, 0.25) is 0 Å². The van der Waals surface area contributed by atoms with E-state index in [1.54, 1.807) is 6.92 Å². The zero-order chi connectivity index (χ0) is 43.7. The molecule has 60 heavy (non-hydrogen) atoms. The number of carboxylic acid groups (broad SMARTS) is 1. The van der Waals surface area contributed by atoms with E-state index in [0.29, 0.717) is 13.0 Å². The SMILES string of the molecule is C[C@H]1O[C@@H](O[C@H]2CC[C@]3(C)[C@H]4C=CC56OCC7(CCC(C)(C)C[C@H]75)[C@@H](O)C[C@@]6(C)[C@]4(C)CC[C@H]3C2(C)C)[C@H](O)[C@@H](O[C@@H]2O[C@H](COC(=O)CC(=O)O)[C@@H](O)[C@H](O)[C@H]2O)[C@H]1O. The van der Waals surface area contributed by atoms with Crippen molar-refractivity contribution < 1.29 is 73.8 Å². The number of hydrogen-bond donors (Lipinski definition) is 7. The average molecular weight is 851 g/mol. The predicted molar refractivity (Wildman–Crippen MR) is 212 cm³/mol. The summed E-state index contributed by atoms with van der Waals surface area (Å²) in [7, 11) is 0. The molecule has 340 valence electrons. The topological polar surface area (TPSA) is 231 Å². The first-order chi connectivity index (χ1) is 27.9. The summed E-state index contributed by atoms with van der Waals surface area (Å²) in [5.41, 5.74) is -1.34.